The third kappa shape index (κ3) is 4.50. The zero-order valence-corrected chi connectivity index (χ0v) is 17.2. The number of hydrogen-bond acceptors (Lipinski definition) is 5. The van der Waals surface area contributed by atoms with E-state index in [9.17, 15) is 18.4 Å². The monoisotopic (exact) mass is 454 g/mol. The van der Waals surface area contributed by atoms with Crippen LogP contribution in [0.4, 0.5) is 8.78 Å². The van der Waals surface area contributed by atoms with Gasteiger partial charge in [0, 0.05) is 11.1 Å². The van der Waals surface area contributed by atoms with E-state index in [0.29, 0.717) is 11.1 Å². The number of amidine groups is 1. The second kappa shape index (κ2) is 9.33. The highest BCUT2D eigenvalue weighted by Gasteiger charge is 2.47. The van der Waals surface area contributed by atoms with E-state index in [1.165, 1.54) is 12.1 Å². The molecule has 158 valence electrons. The van der Waals surface area contributed by atoms with Gasteiger partial charge in [0.25, 0.3) is 5.91 Å². The molecule has 0 radical (unpaired) electrons. The molecule has 0 saturated heterocycles. The Hall–Kier alpha value is -2.82. The van der Waals surface area contributed by atoms with Gasteiger partial charge in [-0.05, 0) is 24.6 Å². The van der Waals surface area contributed by atoms with Crippen LogP contribution in [-0.4, -0.2) is 34.5 Å². The standard InChI is InChI=1S/C19H17ClF2N4O3S/c1-12-7-5-6-10-14(12)17-24-25-19(23-16(28)13-8-3-2-4-9-13)30(17,29-18(21)22)26-15(27)11-20/h2-10,18H,11H2,1H3,(H,26,27)(H,23,25,28). The maximum atomic E-state index is 13.5. The van der Waals surface area contributed by atoms with Crippen LogP contribution in [-0.2, 0) is 8.98 Å². The third-order valence-electron chi connectivity index (χ3n) is 4.00. The molecule has 1 heterocycles. The first kappa shape index (κ1) is 21.9. The molecule has 0 spiro atoms. The van der Waals surface area contributed by atoms with Crippen molar-refractivity contribution in [3.63, 3.8) is 0 Å². The Morgan fingerprint density at radius 2 is 1.77 bits per heavy atom. The molecule has 0 saturated carbocycles. The molecular formula is C19H17ClF2N4O3S. The van der Waals surface area contributed by atoms with Gasteiger partial charge < -0.3 is 0 Å². The summed E-state index contributed by atoms with van der Waals surface area (Å²) in [6, 6.07) is 14.9. The van der Waals surface area contributed by atoms with Gasteiger partial charge in [-0.2, -0.15) is 8.78 Å². The molecule has 1 atom stereocenters. The van der Waals surface area contributed by atoms with E-state index in [-0.39, 0.29) is 15.8 Å². The fourth-order valence-electron chi connectivity index (χ4n) is 2.68. The first-order chi connectivity index (χ1) is 14.4. The number of aryl methyl sites for hydroxylation is 1. The molecule has 3 rings (SSSR count). The van der Waals surface area contributed by atoms with E-state index >= 15 is 0 Å². The lowest BCUT2D eigenvalue weighted by Crippen LogP contribution is -2.45. The highest BCUT2D eigenvalue weighted by molar-refractivity contribution is 8.52. The van der Waals surface area contributed by atoms with Crippen molar-refractivity contribution in [1.82, 2.24) is 10.0 Å². The van der Waals surface area contributed by atoms with E-state index in [1.807, 2.05) is 0 Å². The lowest BCUT2D eigenvalue weighted by molar-refractivity contribution is -0.117. The van der Waals surface area contributed by atoms with Crippen molar-refractivity contribution in [3.8, 4) is 0 Å². The van der Waals surface area contributed by atoms with Crippen LogP contribution in [0.15, 0.2) is 64.8 Å². The van der Waals surface area contributed by atoms with Gasteiger partial charge in [0.15, 0.2) is 5.04 Å². The van der Waals surface area contributed by atoms with Gasteiger partial charge >= 0.3 is 6.61 Å². The number of alkyl halides is 3. The molecule has 7 nitrogen and oxygen atoms in total. The largest absolute Gasteiger partial charge is 0.356 e. The van der Waals surface area contributed by atoms with E-state index in [2.05, 4.69) is 20.2 Å². The summed E-state index contributed by atoms with van der Waals surface area (Å²) in [5.41, 5.74) is 1.39. The van der Waals surface area contributed by atoms with Crippen molar-refractivity contribution in [1.29, 1.82) is 0 Å². The van der Waals surface area contributed by atoms with E-state index in [0.717, 1.165) is 0 Å². The van der Waals surface area contributed by atoms with Crippen LogP contribution < -0.4 is 10.0 Å². The lowest BCUT2D eigenvalue weighted by Gasteiger charge is -2.36. The second-order valence-corrected chi connectivity index (χ2v) is 8.57. The first-order valence-electron chi connectivity index (χ1n) is 8.62. The van der Waals surface area contributed by atoms with Crippen LogP contribution in [0.2, 0.25) is 0 Å². The summed E-state index contributed by atoms with van der Waals surface area (Å²) in [7, 11) is -3.50. The molecular weight excluding hydrogens is 438 g/mol. The van der Waals surface area contributed by atoms with Crippen LogP contribution in [0.1, 0.15) is 21.5 Å². The van der Waals surface area contributed by atoms with E-state index in [1.54, 1.807) is 49.4 Å². The van der Waals surface area contributed by atoms with Crippen LogP contribution in [0.25, 0.3) is 0 Å². The fraction of sp³-hybridized carbons (Fsp3) is 0.158. The Balaban J connectivity index is 2.06. The number of carbonyl (C=O) groups excluding carboxylic acids is 2. The molecule has 0 aliphatic carbocycles. The molecule has 1 aliphatic heterocycles. The summed E-state index contributed by atoms with van der Waals surface area (Å²) in [5.74, 6) is -1.91. The predicted octanol–water partition coefficient (Wildman–Crippen LogP) is 3.69. The van der Waals surface area contributed by atoms with Crippen LogP contribution in [0.5, 0.6) is 0 Å². The SMILES string of the molecule is Cc1ccccc1C1=NN=C(NC(=O)c2ccccc2)S1(NC(=O)CCl)OC(F)F. The molecule has 0 fully saturated rings. The van der Waals surface area contributed by atoms with Gasteiger partial charge in [0.1, 0.15) is 5.88 Å². The third-order valence-corrected chi connectivity index (χ3v) is 6.77. The molecule has 11 heteroatoms. The number of nitrogens with one attached hydrogen (secondary N) is 2. The van der Waals surface area contributed by atoms with Crippen LogP contribution in [0.3, 0.4) is 0 Å². The average Bonchev–Trinajstić information content (AvgIpc) is 3.05. The summed E-state index contributed by atoms with van der Waals surface area (Å²) >= 11 is 5.59. The quantitative estimate of drug-likeness (QED) is 0.652. The molecule has 2 N–H and O–H groups in total. The maximum Gasteiger partial charge on any atom is 0.356 e. The van der Waals surface area contributed by atoms with Crippen molar-refractivity contribution in [2.45, 2.75) is 13.5 Å². The minimum absolute atomic E-state index is 0.0253. The van der Waals surface area contributed by atoms with Crippen LogP contribution >= 0.6 is 22.1 Å². The fourth-order valence-corrected chi connectivity index (χ4v) is 5.13. The number of rotatable bonds is 6. The van der Waals surface area contributed by atoms with Crippen molar-refractivity contribution in [2.24, 2.45) is 10.2 Å². The van der Waals surface area contributed by atoms with Gasteiger partial charge in [0.2, 0.25) is 11.1 Å². The van der Waals surface area contributed by atoms with Crippen molar-refractivity contribution in [2.75, 3.05) is 5.88 Å². The molecule has 30 heavy (non-hydrogen) atoms. The minimum Gasteiger partial charge on any atom is -0.297 e. The smallest absolute Gasteiger partial charge is 0.297 e. The molecule has 2 amide bonds. The van der Waals surface area contributed by atoms with E-state index in [4.69, 9.17) is 15.8 Å². The van der Waals surface area contributed by atoms with Crippen LogP contribution in [0, 0.1) is 6.92 Å². The summed E-state index contributed by atoms with van der Waals surface area (Å²) < 4.78 is 34.3. The zero-order valence-electron chi connectivity index (χ0n) is 15.6. The predicted molar refractivity (Wildman–Crippen MR) is 113 cm³/mol. The molecule has 1 aliphatic rings. The number of hydrogen-bond donors (Lipinski definition) is 2. The van der Waals surface area contributed by atoms with E-state index < -0.39 is 34.8 Å². The Morgan fingerprint density at radius 3 is 2.40 bits per heavy atom. The highest BCUT2D eigenvalue weighted by atomic mass is 35.5. The molecule has 1 unspecified atom stereocenters. The zero-order chi connectivity index (χ0) is 21.7. The average molecular weight is 455 g/mol. The summed E-state index contributed by atoms with van der Waals surface area (Å²) in [6.45, 7) is -1.55. The van der Waals surface area contributed by atoms with Gasteiger partial charge in [-0.15, -0.1) is 21.8 Å². The van der Waals surface area contributed by atoms with Gasteiger partial charge in [-0.1, -0.05) is 42.5 Å². The van der Waals surface area contributed by atoms with Crippen molar-refractivity contribution < 1.29 is 22.6 Å². The maximum absolute atomic E-state index is 13.5. The number of amides is 2. The van der Waals surface area contributed by atoms with Crippen molar-refractivity contribution >= 4 is 44.1 Å². The topological polar surface area (TPSA) is 92.1 Å². The molecule has 0 aromatic heterocycles. The number of halogens is 3. The molecule has 0 bridgehead atoms. The van der Waals surface area contributed by atoms with Gasteiger partial charge in [-0.25, -0.2) is 4.18 Å². The number of carbonyl (C=O) groups is 2. The molecule has 2 aromatic carbocycles. The number of benzene rings is 2. The van der Waals surface area contributed by atoms with Gasteiger partial charge in [0.05, 0.1) is 10.5 Å². The Morgan fingerprint density at radius 1 is 1.10 bits per heavy atom. The number of nitrogens with zero attached hydrogens (tertiary/aromatic N) is 2. The summed E-state index contributed by atoms with van der Waals surface area (Å²) in [5, 5.41) is 9.99. The normalized spacial score (nSPS) is 20.2. The Bertz CT molecular complexity index is 1020. The Kier molecular flexibility index (Phi) is 6.80. The molecule has 2 aromatic rings. The summed E-state index contributed by atoms with van der Waals surface area (Å²) in [6.07, 6.45) is 0. The first-order valence-corrected chi connectivity index (χ1v) is 10.7. The van der Waals surface area contributed by atoms with Gasteiger partial charge in [-0.3, -0.25) is 19.6 Å². The summed E-state index contributed by atoms with van der Waals surface area (Å²) in [4.78, 5) is 24.8. The minimum atomic E-state index is -3.50. The second-order valence-electron chi connectivity index (χ2n) is 6.02. The lowest BCUT2D eigenvalue weighted by atomic mass is 10.1. The Labute approximate surface area is 177 Å². The highest BCUT2D eigenvalue weighted by Crippen LogP contribution is 2.54. The van der Waals surface area contributed by atoms with Crippen molar-refractivity contribution in [3.05, 3.63) is 71.3 Å².